The fourth-order valence-corrected chi connectivity index (χ4v) is 2.69. The lowest BCUT2D eigenvalue weighted by molar-refractivity contribution is 0.541. The molecule has 0 aromatic heterocycles. The summed E-state index contributed by atoms with van der Waals surface area (Å²) in [4.78, 5) is 0. The van der Waals surface area contributed by atoms with Crippen LogP contribution in [0.2, 0.25) is 0 Å². The Morgan fingerprint density at radius 3 is 1.44 bits per heavy atom. The van der Waals surface area contributed by atoms with Crippen LogP contribution in [0, 0.1) is 0 Å². The van der Waals surface area contributed by atoms with Crippen molar-refractivity contribution in [2.45, 2.75) is 95.6 Å². The Balaban J connectivity index is 2.94. The van der Waals surface area contributed by atoms with E-state index in [-0.39, 0.29) is 0 Å². The summed E-state index contributed by atoms with van der Waals surface area (Å²) in [5, 5.41) is 0.641. The molecule has 0 amide bonds. The van der Waals surface area contributed by atoms with Gasteiger partial charge in [0.1, 0.15) is 0 Å². The van der Waals surface area contributed by atoms with Crippen molar-refractivity contribution in [3.8, 4) is 0 Å². The SMILES string of the molecule is CCC(S)CCCCCCCCCCCCCS. The van der Waals surface area contributed by atoms with Crippen molar-refractivity contribution in [3.05, 3.63) is 0 Å². The van der Waals surface area contributed by atoms with E-state index in [0.29, 0.717) is 5.25 Å². The first-order valence-corrected chi connectivity index (χ1v) is 9.25. The van der Waals surface area contributed by atoms with Crippen LogP contribution >= 0.6 is 25.3 Å². The fraction of sp³-hybridized carbons (Fsp3) is 1.00. The van der Waals surface area contributed by atoms with Gasteiger partial charge in [-0.2, -0.15) is 25.3 Å². The van der Waals surface area contributed by atoms with Crippen LogP contribution < -0.4 is 0 Å². The van der Waals surface area contributed by atoms with E-state index in [0.717, 1.165) is 5.75 Å². The molecule has 0 N–H and O–H groups in total. The molecule has 0 aromatic rings. The van der Waals surface area contributed by atoms with E-state index in [4.69, 9.17) is 0 Å². The van der Waals surface area contributed by atoms with E-state index < -0.39 is 0 Å². The maximum Gasteiger partial charge on any atom is 0.00141 e. The molecule has 0 aliphatic carbocycles. The molecule has 0 fully saturated rings. The van der Waals surface area contributed by atoms with E-state index in [2.05, 4.69) is 32.2 Å². The third-order valence-electron chi connectivity index (χ3n) is 3.67. The normalized spacial score (nSPS) is 12.8. The zero-order chi connectivity index (χ0) is 13.5. The second-order valence-corrected chi connectivity index (χ2v) is 6.64. The number of thiol groups is 2. The molecule has 0 radical (unpaired) electrons. The average Bonchev–Trinajstić information content (AvgIpc) is 2.39. The van der Waals surface area contributed by atoms with Gasteiger partial charge < -0.3 is 0 Å². The summed E-state index contributed by atoms with van der Waals surface area (Å²) < 4.78 is 0. The van der Waals surface area contributed by atoms with E-state index in [9.17, 15) is 0 Å². The molecule has 1 unspecified atom stereocenters. The van der Waals surface area contributed by atoms with Gasteiger partial charge in [-0.1, -0.05) is 71.1 Å². The van der Waals surface area contributed by atoms with Crippen molar-refractivity contribution in [2.24, 2.45) is 0 Å². The molecule has 0 aromatic carbocycles. The van der Waals surface area contributed by atoms with Crippen LogP contribution in [0.1, 0.15) is 90.4 Å². The van der Waals surface area contributed by atoms with Gasteiger partial charge in [-0.05, 0) is 25.0 Å². The van der Waals surface area contributed by atoms with Crippen molar-refractivity contribution in [2.75, 3.05) is 5.75 Å². The topological polar surface area (TPSA) is 0 Å². The van der Waals surface area contributed by atoms with Crippen LogP contribution in [0.15, 0.2) is 0 Å². The average molecular weight is 291 g/mol. The Morgan fingerprint density at radius 2 is 1.06 bits per heavy atom. The molecule has 0 rings (SSSR count). The van der Waals surface area contributed by atoms with Crippen molar-refractivity contribution in [1.82, 2.24) is 0 Å². The van der Waals surface area contributed by atoms with Gasteiger partial charge in [0.05, 0.1) is 0 Å². The second-order valence-electron chi connectivity index (χ2n) is 5.46. The smallest absolute Gasteiger partial charge is 0.00141 e. The molecule has 1 atom stereocenters. The Hall–Kier alpha value is 0.700. The molecule has 2 heteroatoms. The van der Waals surface area contributed by atoms with Gasteiger partial charge >= 0.3 is 0 Å². The van der Waals surface area contributed by atoms with Crippen LogP contribution in [-0.2, 0) is 0 Å². The first kappa shape index (κ1) is 18.7. The zero-order valence-electron chi connectivity index (χ0n) is 12.4. The lowest BCUT2D eigenvalue weighted by Gasteiger charge is -2.06. The zero-order valence-corrected chi connectivity index (χ0v) is 14.2. The predicted octanol–water partition coefficient (Wildman–Crippen LogP) is 6.31. The minimum atomic E-state index is 0.641. The van der Waals surface area contributed by atoms with Crippen LogP contribution in [0.3, 0.4) is 0 Å². The summed E-state index contributed by atoms with van der Waals surface area (Å²) in [6, 6.07) is 0. The highest BCUT2D eigenvalue weighted by atomic mass is 32.1. The minimum Gasteiger partial charge on any atom is -0.179 e. The summed E-state index contributed by atoms with van der Waals surface area (Å²) in [5.41, 5.74) is 0. The molecule has 0 heterocycles. The first-order chi connectivity index (χ1) is 8.81. The maximum absolute atomic E-state index is 4.53. The molecular formula is C16H34S2. The molecule has 0 nitrogen and oxygen atoms in total. The molecule has 0 aliphatic rings. The molecule has 0 saturated heterocycles. The predicted molar refractivity (Wildman–Crippen MR) is 92.3 cm³/mol. The Labute approximate surface area is 127 Å². The van der Waals surface area contributed by atoms with E-state index in [1.807, 2.05) is 0 Å². The monoisotopic (exact) mass is 290 g/mol. The minimum absolute atomic E-state index is 0.641. The molecule has 0 bridgehead atoms. The summed E-state index contributed by atoms with van der Waals surface area (Å²) in [6.07, 6.45) is 18.1. The third kappa shape index (κ3) is 14.8. The van der Waals surface area contributed by atoms with Gasteiger partial charge in [0.15, 0.2) is 0 Å². The van der Waals surface area contributed by atoms with Crippen LogP contribution in [0.4, 0.5) is 0 Å². The van der Waals surface area contributed by atoms with Crippen molar-refractivity contribution in [1.29, 1.82) is 0 Å². The van der Waals surface area contributed by atoms with E-state index in [1.54, 1.807) is 0 Å². The second kappa shape index (κ2) is 15.8. The maximum atomic E-state index is 4.53. The Kier molecular flexibility index (Phi) is 16.4. The molecule has 0 spiro atoms. The quantitative estimate of drug-likeness (QED) is 0.272. The molecule has 110 valence electrons. The van der Waals surface area contributed by atoms with Gasteiger partial charge in [0, 0.05) is 5.25 Å². The lowest BCUT2D eigenvalue weighted by atomic mass is 10.0. The van der Waals surface area contributed by atoms with Gasteiger partial charge in [0.2, 0.25) is 0 Å². The van der Waals surface area contributed by atoms with E-state index in [1.165, 1.54) is 83.5 Å². The summed E-state index contributed by atoms with van der Waals surface area (Å²) >= 11 is 8.76. The molecule has 0 aliphatic heterocycles. The summed E-state index contributed by atoms with van der Waals surface area (Å²) in [5.74, 6) is 1.06. The first-order valence-electron chi connectivity index (χ1n) is 8.10. The lowest BCUT2D eigenvalue weighted by Crippen LogP contribution is -1.95. The van der Waals surface area contributed by atoms with Crippen LogP contribution in [-0.4, -0.2) is 11.0 Å². The highest BCUT2D eigenvalue weighted by Crippen LogP contribution is 2.14. The third-order valence-corrected chi connectivity index (χ3v) is 4.61. The van der Waals surface area contributed by atoms with Crippen molar-refractivity contribution >= 4 is 25.3 Å². The Bertz CT molecular complexity index is 148. The van der Waals surface area contributed by atoms with Crippen molar-refractivity contribution < 1.29 is 0 Å². The van der Waals surface area contributed by atoms with Crippen LogP contribution in [0.25, 0.3) is 0 Å². The fourth-order valence-electron chi connectivity index (χ4n) is 2.29. The van der Waals surface area contributed by atoms with E-state index >= 15 is 0 Å². The summed E-state index contributed by atoms with van der Waals surface area (Å²) in [7, 11) is 0. The number of hydrogen-bond acceptors (Lipinski definition) is 2. The highest BCUT2D eigenvalue weighted by molar-refractivity contribution is 7.81. The molecule has 0 saturated carbocycles. The van der Waals surface area contributed by atoms with Gasteiger partial charge in [-0.25, -0.2) is 0 Å². The largest absolute Gasteiger partial charge is 0.179 e. The highest BCUT2D eigenvalue weighted by Gasteiger charge is 1.98. The van der Waals surface area contributed by atoms with Crippen molar-refractivity contribution in [3.63, 3.8) is 0 Å². The standard InChI is InChI=1S/C16H34S2/c1-2-16(18)14-12-10-8-6-4-3-5-7-9-11-13-15-17/h16-18H,2-15H2,1H3. The van der Waals surface area contributed by atoms with Gasteiger partial charge in [-0.3, -0.25) is 0 Å². The molecule has 18 heavy (non-hydrogen) atoms. The number of rotatable bonds is 14. The summed E-state index contributed by atoms with van der Waals surface area (Å²) in [6.45, 7) is 2.23. The number of unbranched alkanes of at least 4 members (excludes halogenated alkanes) is 10. The van der Waals surface area contributed by atoms with Gasteiger partial charge in [-0.15, -0.1) is 0 Å². The molecular weight excluding hydrogens is 256 g/mol. The Morgan fingerprint density at radius 1 is 0.667 bits per heavy atom. The van der Waals surface area contributed by atoms with Crippen LogP contribution in [0.5, 0.6) is 0 Å². The van der Waals surface area contributed by atoms with Gasteiger partial charge in [0.25, 0.3) is 0 Å². The number of hydrogen-bond donors (Lipinski definition) is 2.